The SMILES string of the molecule is CCCCCCCCCCCCCCCCCC(=O)NC(CC)(CCCCCCCCCCCCCCCC)C(N)=O. The van der Waals surface area contributed by atoms with Crippen LogP contribution < -0.4 is 11.1 Å². The van der Waals surface area contributed by atoms with Crippen molar-refractivity contribution in [2.45, 2.75) is 232 Å². The van der Waals surface area contributed by atoms with E-state index in [4.69, 9.17) is 5.73 Å². The van der Waals surface area contributed by atoms with Crippen LogP contribution in [-0.4, -0.2) is 17.4 Å². The van der Waals surface area contributed by atoms with Gasteiger partial charge >= 0.3 is 0 Å². The fraction of sp³-hybridized carbons (Fsp3) is 0.947. The first-order chi connectivity index (χ1) is 20.5. The third-order valence-corrected chi connectivity index (χ3v) is 9.42. The molecule has 0 aromatic carbocycles. The molecule has 4 nitrogen and oxygen atoms in total. The molecule has 0 aliphatic carbocycles. The number of hydrogen-bond acceptors (Lipinski definition) is 2. The lowest BCUT2D eigenvalue weighted by Crippen LogP contribution is -2.57. The first kappa shape index (κ1) is 40.9. The minimum Gasteiger partial charge on any atom is -0.368 e. The molecule has 0 heterocycles. The van der Waals surface area contributed by atoms with Crippen LogP contribution >= 0.6 is 0 Å². The van der Waals surface area contributed by atoms with E-state index in [1.807, 2.05) is 6.92 Å². The summed E-state index contributed by atoms with van der Waals surface area (Å²) >= 11 is 0. The summed E-state index contributed by atoms with van der Waals surface area (Å²) in [6.45, 7) is 6.53. The minimum absolute atomic E-state index is 0.00397. The number of nitrogens with one attached hydrogen (secondary N) is 1. The van der Waals surface area contributed by atoms with E-state index in [0.717, 1.165) is 25.7 Å². The van der Waals surface area contributed by atoms with Crippen molar-refractivity contribution in [3.05, 3.63) is 0 Å². The normalized spacial score (nSPS) is 12.8. The van der Waals surface area contributed by atoms with Gasteiger partial charge in [0, 0.05) is 6.42 Å². The third kappa shape index (κ3) is 25.4. The molecule has 0 aliphatic rings. The van der Waals surface area contributed by atoms with Crippen molar-refractivity contribution in [2.24, 2.45) is 5.73 Å². The molecule has 0 aromatic rings. The standard InChI is InChI=1S/C38H76N2O2/c1-4-7-9-11-13-15-17-19-21-22-24-26-28-30-32-34-36(41)40-38(6-3,37(39)42)35-33-31-29-27-25-23-20-18-16-14-12-10-8-5-2/h4-35H2,1-3H3,(H2,39,42)(H,40,41). The smallest absolute Gasteiger partial charge is 0.243 e. The van der Waals surface area contributed by atoms with Crippen LogP contribution in [-0.2, 0) is 9.59 Å². The Hall–Kier alpha value is -1.06. The molecule has 0 saturated heterocycles. The number of unbranched alkanes of at least 4 members (excludes halogenated alkanes) is 27. The first-order valence-electron chi connectivity index (χ1n) is 19.1. The van der Waals surface area contributed by atoms with Gasteiger partial charge in [0.2, 0.25) is 11.8 Å². The van der Waals surface area contributed by atoms with Crippen molar-refractivity contribution in [1.82, 2.24) is 5.32 Å². The molecule has 0 rings (SSSR count). The molecule has 0 fully saturated rings. The van der Waals surface area contributed by atoms with E-state index in [-0.39, 0.29) is 11.8 Å². The van der Waals surface area contributed by atoms with E-state index in [9.17, 15) is 9.59 Å². The van der Waals surface area contributed by atoms with Crippen molar-refractivity contribution < 1.29 is 9.59 Å². The highest BCUT2D eigenvalue weighted by Gasteiger charge is 2.35. The molecule has 0 bridgehead atoms. The molecule has 0 aromatic heterocycles. The van der Waals surface area contributed by atoms with Crippen molar-refractivity contribution >= 4 is 11.8 Å². The summed E-state index contributed by atoms with van der Waals surface area (Å²) in [4.78, 5) is 25.1. The van der Waals surface area contributed by atoms with Crippen LogP contribution in [0, 0.1) is 0 Å². The molecule has 250 valence electrons. The van der Waals surface area contributed by atoms with E-state index >= 15 is 0 Å². The first-order valence-corrected chi connectivity index (χ1v) is 19.1. The van der Waals surface area contributed by atoms with Crippen LogP contribution in [0.5, 0.6) is 0 Å². The molecule has 42 heavy (non-hydrogen) atoms. The number of nitrogens with two attached hydrogens (primary N) is 1. The van der Waals surface area contributed by atoms with Gasteiger partial charge in [-0.1, -0.05) is 201 Å². The summed E-state index contributed by atoms with van der Waals surface area (Å²) in [5.74, 6) is -0.375. The highest BCUT2D eigenvalue weighted by molar-refractivity contribution is 5.90. The Morgan fingerprint density at radius 1 is 0.452 bits per heavy atom. The Morgan fingerprint density at radius 2 is 0.738 bits per heavy atom. The summed E-state index contributed by atoms with van der Waals surface area (Å²) in [7, 11) is 0. The van der Waals surface area contributed by atoms with Crippen molar-refractivity contribution in [3.8, 4) is 0 Å². The van der Waals surface area contributed by atoms with E-state index < -0.39 is 5.54 Å². The van der Waals surface area contributed by atoms with E-state index in [1.54, 1.807) is 0 Å². The lowest BCUT2D eigenvalue weighted by molar-refractivity contribution is -0.132. The molecular weight excluding hydrogens is 516 g/mol. The molecule has 3 N–H and O–H groups in total. The number of carbonyl (C=O) groups excluding carboxylic acids is 2. The Morgan fingerprint density at radius 3 is 1.02 bits per heavy atom. The maximum Gasteiger partial charge on any atom is 0.243 e. The second-order valence-electron chi connectivity index (χ2n) is 13.4. The summed E-state index contributed by atoms with van der Waals surface area (Å²) in [5, 5.41) is 3.06. The maximum atomic E-state index is 12.7. The van der Waals surface area contributed by atoms with Gasteiger partial charge in [-0.3, -0.25) is 9.59 Å². The highest BCUT2D eigenvalue weighted by Crippen LogP contribution is 2.21. The summed E-state index contributed by atoms with van der Waals surface area (Å²) in [5.41, 5.74) is 4.95. The second kappa shape index (κ2) is 31.4. The topological polar surface area (TPSA) is 72.2 Å². The molecule has 0 radical (unpaired) electrons. The lowest BCUT2D eigenvalue weighted by atomic mass is 9.88. The van der Waals surface area contributed by atoms with Crippen LogP contribution in [0.4, 0.5) is 0 Å². The molecule has 1 atom stereocenters. The molecule has 0 saturated carbocycles. The van der Waals surface area contributed by atoms with Crippen LogP contribution in [0.2, 0.25) is 0 Å². The van der Waals surface area contributed by atoms with Crippen LogP contribution in [0.3, 0.4) is 0 Å². The van der Waals surface area contributed by atoms with Crippen molar-refractivity contribution in [1.29, 1.82) is 0 Å². The summed E-state index contributed by atoms with van der Waals surface area (Å²) < 4.78 is 0. The third-order valence-electron chi connectivity index (χ3n) is 9.42. The summed E-state index contributed by atoms with van der Waals surface area (Å²) in [6.07, 6.45) is 39.9. The van der Waals surface area contributed by atoms with Crippen molar-refractivity contribution in [3.63, 3.8) is 0 Å². The van der Waals surface area contributed by atoms with Gasteiger partial charge in [-0.05, 0) is 19.3 Å². The van der Waals surface area contributed by atoms with Gasteiger partial charge < -0.3 is 11.1 Å². The maximum absolute atomic E-state index is 12.7. The predicted molar refractivity (Wildman–Crippen MR) is 185 cm³/mol. The average molecular weight is 593 g/mol. The van der Waals surface area contributed by atoms with Gasteiger partial charge in [0.25, 0.3) is 0 Å². The Balaban J connectivity index is 3.79. The molecule has 0 aliphatic heterocycles. The minimum atomic E-state index is -0.871. The van der Waals surface area contributed by atoms with Gasteiger partial charge in [0.1, 0.15) is 5.54 Å². The zero-order valence-corrected chi connectivity index (χ0v) is 29.0. The quantitative estimate of drug-likeness (QED) is 0.0729. The fourth-order valence-corrected chi connectivity index (χ4v) is 6.29. The number of primary amides is 1. The fourth-order valence-electron chi connectivity index (χ4n) is 6.29. The Kier molecular flexibility index (Phi) is 30.6. The zero-order chi connectivity index (χ0) is 31.0. The van der Waals surface area contributed by atoms with E-state index in [2.05, 4.69) is 19.2 Å². The molecule has 0 spiro atoms. The largest absolute Gasteiger partial charge is 0.368 e. The number of carbonyl (C=O) groups is 2. The van der Waals surface area contributed by atoms with Crippen LogP contribution in [0.15, 0.2) is 0 Å². The average Bonchev–Trinajstić information content (AvgIpc) is 2.98. The number of rotatable bonds is 34. The van der Waals surface area contributed by atoms with Gasteiger partial charge in [-0.2, -0.15) is 0 Å². The van der Waals surface area contributed by atoms with Crippen LogP contribution in [0.1, 0.15) is 226 Å². The number of amides is 2. The van der Waals surface area contributed by atoms with Gasteiger partial charge in [-0.25, -0.2) is 0 Å². The Bertz CT molecular complexity index is 594. The lowest BCUT2D eigenvalue weighted by Gasteiger charge is -2.31. The zero-order valence-electron chi connectivity index (χ0n) is 29.0. The van der Waals surface area contributed by atoms with Gasteiger partial charge in [0.15, 0.2) is 0 Å². The Labute approximate surface area is 263 Å². The number of hydrogen-bond donors (Lipinski definition) is 2. The van der Waals surface area contributed by atoms with Crippen molar-refractivity contribution in [2.75, 3.05) is 0 Å². The van der Waals surface area contributed by atoms with E-state index in [0.29, 0.717) is 19.3 Å². The van der Waals surface area contributed by atoms with Crippen LogP contribution in [0.25, 0.3) is 0 Å². The second-order valence-corrected chi connectivity index (χ2v) is 13.4. The monoisotopic (exact) mass is 593 g/mol. The highest BCUT2D eigenvalue weighted by atomic mass is 16.2. The molecular formula is C38H76N2O2. The predicted octanol–water partition coefficient (Wildman–Crippen LogP) is 11.9. The molecule has 1 unspecified atom stereocenters. The summed E-state index contributed by atoms with van der Waals surface area (Å²) in [6, 6.07) is 0. The molecule has 4 heteroatoms. The van der Waals surface area contributed by atoms with Gasteiger partial charge in [0.05, 0.1) is 0 Å². The van der Waals surface area contributed by atoms with Gasteiger partial charge in [-0.15, -0.1) is 0 Å². The van der Waals surface area contributed by atoms with E-state index in [1.165, 1.54) is 161 Å². The molecule has 2 amide bonds.